The Hall–Kier alpha value is -1.36. The van der Waals surface area contributed by atoms with Gasteiger partial charge >= 0.3 is 0 Å². The van der Waals surface area contributed by atoms with Crippen molar-refractivity contribution in [3.05, 3.63) is 11.4 Å². The summed E-state index contributed by atoms with van der Waals surface area (Å²) in [5, 5.41) is 0. The predicted molar refractivity (Wildman–Crippen MR) is 84.1 cm³/mol. The molecule has 114 valence electrons. The zero-order chi connectivity index (χ0) is 15.1. The van der Waals surface area contributed by atoms with Crippen molar-refractivity contribution in [1.29, 1.82) is 0 Å². The molecule has 0 aliphatic rings. The van der Waals surface area contributed by atoms with E-state index in [0.29, 0.717) is 18.3 Å². The first-order valence-corrected chi connectivity index (χ1v) is 7.36. The Morgan fingerprint density at radius 1 is 1.30 bits per heavy atom. The van der Waals surface area contributed by atoms with Crippen LogP contribution in [0.25, 0.3) is 0 Å². The molecule has 0 aliphatic carbocycles. The molecule has 1 heterocycles. The van der Waals surface area contributed by atoms with Crippen LogP contribution in [0.1, 0.15) is 38.6 Å². The van der Waals surface area contributed by atoms with Crippen LogP contribution in [0.4, 0.5) is 11.6 Å². The summed E-state index contributed by atoms with van der Waals surface area (Å²) in [6.45, 7) is 10.9. The van der Waals surface area contributed by atoms with Gasteiger partial charge in [-0.05, 0) is 19.3 Å². The Bertz CT molecular complexity index is 421. The van der Waals surface area contributed by atoms with Gasteiger partial charge in [0.1, 0.15) is 17.5 Å². The first-order chi connectivity index (χ1) is 9.49. The number of hydrogen-bond acceptors (Lipinski definition) is 5. The summed E-state index contributed by atoms with van der Waals surface area (Å²) in [5.41, 5.74) is 7.00. The van der Waals surface area contributed by atoms with Crippen LogP contribution < -0.4 is 10.6 Å². The SMILES string of the molecule is CCCc1nc(N)c(C)c(N(CCOC)CC(C)C)n1. The van der Waals surface area contributed by atoms with Crippen molar-refractivity contribution >= 4 is 11.6 Å². The van der Waals surface area contributed by atoms with Crippen molar-refractivity contribution in [2.75, 3.05) is 37.4 Å². The van der Waals surface area contributed by atoms with E-state index >= 15 is 0 Å². The summed E-state index contributed by atoms with van der Waals surface area (Å²) in [7, 11) is 1.72. The lowest BCUT2D eigenvalue weighted by Gasteiger charge is -2.27. The summed E-state index contributed by atoms with van der Waals surface area (Å²) in [6.07, 6.45) is 1.88. The van der Waals surface area contributed by atoms with Crippen LogP contribution in [0.15, 0.2) is 0 Å². The topological polar surface area (TPSA) is 64.3 Å². The first-order valence-electron chi connectivity index (χ1n) is 7.36. The van der Waals surface area contributed by atoms with Crippen LogP contribution in [-0.2, 0) is 11.2 Å². The fourth-order valence-corrected chi connectivity index (χ4v) is 2.14. The molecule has 5 heteroatoms. The minimum Gasteiger partial charge on any atom is -0.383 e. The highest BCUT2D eigenvalue weighted by Crippen LogP contribution is 2.23. The monoisotopic (exact) mass is 280 g/mol. The number of nitrogen functional groups attached to an aromatic ring is 1. The molecule has 0 fully saturated rings. The third kappa shape index (κ3) is 4.63. The molecule has 0 saturated carbocycles. The summed E-state index contributed by atoms with van der Waals surface area (Å²) < 4.78 is 5.21. The van der Waals surface area contributed by atoms with E-state index in [1.54, 1.807) is 7.11 Å². The van der Waals surface area contributed by atoms with Gasteiger partial charge in [0.05, 0.1) is 6.61 Å². The standard InChI is InChI=1S/C15H28N4O/c1-6-7-13-17-14(16)12(4)15(18-13)19(8-9-20-5)10-11(2)3/h11H,6-10H2,1-5H3,(H2,16,17,18). The number of nitrogens with two attached hydrogens (primary N) is 1. The molecule has 2 N–H and O–H groups in total. The molecule has 5 nitrogen and oxygen atoms in total. The van der Waals surface area contributed by atoms with Gasteiger partial charge in [-0.2, -0.15) is 0 Å². The van der Waals surface area contributed by atoms with Gasteiger partial charge in [0.25, 0.3) is 0 Å². The van der Waals surface area contributed by atoms with Crippen LogP contribution in [0.2, 0.25) is 0 Å². The lowest BCUT2D eigenvalue weighted by molar-refractivity contribution is 0.204. The fraction of sp³-hybridized carbons (Fsp3) is 0.733. The van der Waals surface area contributed by atoms with Crippen molar-refractivity contribution in [3.8, 4) is 0 Å². The largest absolute Gasteiger partial charge is 0.383 e. The quantitative estimate of drug-likeness (QED) is 0.792. The number of ether oxygens (including phenoxy) is 1. The van der Waals surface area contributed by atoms with Gasteiger partial charge in [0, 0.05) is 32.2 Å². The zero-order valence-electron chi connectivity index (χ0n) is 13.4. The predicted octanol–water partition coefficient (Wildman–Crippen LogP) is 2.43. The number of rotatable bonds is 8. The van der Waals surface area contributed by atoms with Gasteiger partial charge in [-0.15, -0.1) is 0 Å². The smallest absolute Gasteiger partial charge is 0.137 e. The van der Waals surface area contributed by atoms with Gasteiger partial charge < -0.3 is 15.4 Å². The third-order valence-corrected chi connectivity index (χ3v) is 3.13. The number of aromatic nitrogens is 2. The van der Waals surface area contributed by atoms with Crippen molar-refractivity contribution in [2.24, 2.45) is 5.92 Å². The van der Waals surface area contributed by atoms with E-state index in [0.717, 1.165) is 43.1 Å². The van der Waals surface area contributed by atoms with E-state index in [-0.39, 0.29) is 0 Å². The second-order valence-electron chi connectivity index (χ2n) is 5.56. The molecule has 0 saturated heterocycles. The summed E-state index contributed by atoms with van der Waals surface area (Å²) in [5.74, 6) is 2.92. The van der Waals surface area contributed by atoms with Crippen LogP contribution in [0, 0.1) is 12.8 Å². The Kier molecular flexibility index (Phi) is 6.71. The van der Waals surface area contributed by atoms with Crippen molar-refractivity contribution in [3.63, 3.8) is 0 Å². The Morgan fingerprint density at radius 2 is 2.00 bits per heavy atom. The maximum absolute atomic E-state index is 6.04. The van der Waals surface area contributed by atoms with Gasteiger partial charge in [-0.3, -0.25) is 0 Å². The summed E-state index contributed by atoms with van der Waals surface area (Å²) in [4.78, 5) is 11.3. The molecule has 1 aromatic rings. The van der Waals surface area contributed by atoms with E-state index < -0.39 is 0 Å². The Labute approximate surface area is 122 Å². The molecule has 0 aliphatic heterocycles. The Balaban J connectivity index is 3.08. The lowest BCUT2D eigenvalue weighted by atomic mass is 10.2. The van der Waals surface area contributed by atoms with Gasteiger partial charge in [-0.1, -0.05) is 20.8 Å². The van der Waals surface area contributed by atoms with E-state index in [9.17, 15) is 0 Å². The molecule has 0 unspecified atom stereocenters. The number of hydrogen-bond donors (Lipinski definition) is 1. The van der Waals surface area contributed by atoms with Gasteiger partial charge in [0.15, 0.2) is 0 Å². The van der Waals surface area contributed by atoms with Crippen LogP contribution in [-0.4, -0.2) is 36.8 Å². The molecule has 1 aromatic heterocycles. The molecule has 0 amide bonds. The maximum atomic E-state index is 6.04. The fourth-order valence-electron chi connectivity index (χ4n) is 2.14. The lowest BCUT2D eigenvalue weighted by Crippen LogP contribution is -2.33. The zero-order valence-corrected chi connectivity index (χ0v) is 13.4. The number of nitrogens with zero attached hydrogens (tertiary/aromatic N) is 3. The van der Waals surface area contributed by atoms with Gasteiger partial charge in [-0.25, -0.2) is 9.97 Å². The third-order valence-electron chi connectivity index (χ3n) is 3.13. The van der Waals surface area contributed by atoms with Crippen molar-refractivity contribution in [1.82, 2.24) is 9.97 Å². The second kappa shape index (κ2) is 8.04. The van der Waals surface area contributed by atoms with Crippen LogP contribution in [0.5, 0.6) is 0 Å². The molecule has 0 spiro atoms. The maximum Gasteiger partial charge on any atom is 0.137 e. The average molecular weight is 280 g/mol. The van der Waals surface area contributed by atoms with Crippen LogP contribution >= 0.6 is 0 Å². The molecule has 1 rings (SSSR count). The normalized spacial score (nSPS) is 11.1. The molecule has 0 radical (unpaired) electrons. The average Bonchev–Trinajstić information content (AvgIpc) is 2.38. The van der Waals surface area contributed by atoms with E-state index in [1.807, 2.05) is 6.92 Å². The van der Waals surface area contributed by atoms with E-state index in [2.05, 4.69) is 30.7 Å². The van der Waals surface area contributed by atoms with Gasteiger partial charge in [0.2, 0.25) is 0 Å². The van der Waals surface area contributed by atoms with Crippen molar-refractivity contribution in [2.45, 2.75) is 40.5 Å². The molecular weight excluding hydrogens is 252 g/mol. The molecule has 0 aromatic carbocycles. The molecular formula is C15H28N4O. The second-order valence-corrected chi connectivity index (χ2v) is 5.56. The number of anilines is 2. The first kappa shape index (κ1) is 16.7. The minimum atomic E-state index is 0.553. The minimum absolute atomic E-state index is 0.553. The molecule has 0 atom stereocenters. The van der Waals surface area contributed by atoms with E-state index in [1.165, 1.54) is 0 Å². The number of methoxy groups -OCH3 is 1. The Morgan fingerprint density at radius 3 is 2.55 bits per heavy atom. The molecule has 0 bridgehead atoms. The summed E-state index contributed by atoms with van der Waals surface area (Å²) >= 11 is 0. The number of aryl methyl sites for hydroxylation is 1. The molecule has 20 heavy (non-hydrogen) atoms. The highest BCUT2D eigenvalue weighted by atomic mass is 16.5. The summed E-state index contributed by atoms with van der Waals surface area (Å²) in [6, 6.07) is 0. The highest BCUT2D eigenvalue weighted by molar-refractivity contribution is 5.56. The van der Waals surface area contributed by atoms with Crippen molar-refractivity contribution < 1.29 is 4.74 Å². The highest BCUT2D eigenvalue weighted by Gasteiger charge is 2.16. The van der Waals surface area contributed by atoms with E-state index in [4.69, 9.17) is 15.5 Å². The van der Waals surface area contributed by atoms with Crippen LogP contribution in [0.3, 0.4) is 0 Å².